The third-order valence-electron chi connectivity index (χ3n) is 3.63. The minimum Gasteiger partial charge on any atom is -0.334 e. The lowest BCUT2D eigenvalue weighted by Crippen LogP contribution is -2.26. The van der Waals surface area contributed by atoms with Crippen molar-refractivity contribution in [3.05, 3.63) is 70.8 Å². The molecule has 0 fully saturated rings. The molecule has 0 aliphatic carbocycles. The average molecular weight is 262 g/mol. The number of carbonyl (C=O) groups is 1. The molecule has 98 valence electrons. The van der Waals surface area contributed by atoms with Crippen molar-refractivity contribution in [2.24, 2.45) is 0 Å². The zero-order chi connectivity index (χ0) is 13.9. The van der Waals surface area contributed by atoms with Crippen LogP contribution in [0.1, 0.15) is 27.0 Å². The largest absolute Gasteiger partial charge is 0.334 e. The second-order valence-electron chi connectivity index (χ2n) is 4.95. The van der Waals surface area contributed by atoms with E-state index in [1.54, 1.807) is 12.1 Å². The number of benzene rings is 2. The number of hydrogen-bond donors (Lipinski definition) is 0. The van der Waals surface area contributed by atoms with Crippen molar-refractivity contribution in [1.29, 1.82) is 5.26 Å². The Balaban J connectivity index is 1.72. The van der Waals surface area contributed by atoms with Crippen LogP contribution in [0.4, 0.5) is 0 Å². The Kier molecular flexibility index (Phi) is 3.22. The smallest absolute Gasteiger partial charge is 0.254 e. The first-order chi connectivity index (χ1) is 9.78. The van der Waals surface area contributed by atoms with Crippen LogP contribution < -0.4 is 0 Å². The van der Waals surface area contributed by atoms with Gasteiger partial charge >= 0.3 is 0 Å². The van der Waals surface area contributed by atoms with Crippen LogP contribution in [-0.2, 0) is 13.0 Å². The van der Waals surface area contributed by atoms with Gasteiger partial charge in [-0.2, -0.15) is 5.26 Å². The first-order valence-electron chi connectivity index (χ1n) is 6.64. The highest BCUT2D eigenvalue weighted by Crippen LogP contribution is 2.23. The highest BCUT2D eigenvalue weighted by molar-refractivity contribution is 5.98. The van der Waals surface area contributed by atoms with Crippen LogP contribution in [0.3, 0.4) is 0 Å². The summed E-state index contributed by atoms with van der Waals surface area (Å²) in [7, 11) is 0. The Labute approximate surface area is 118 Å². The van der Waals surface area contributed by atoms with E-state index in [-0.39, 0.29) is 5.91 Å². The zero-order valence-electron chi connectivity index (χ0n) is 11.0. The third-order valence-corrected chi connectivity index (χ3v) is 3.63. The zero-order valence-corrected chi connectivity index (χ0v) is 11.0. The number of hydrogen-bond acceptors (Lipinski definition) is 2. The number of rotatable bonds is 3. The van der Waals surface area contributed by atoms with Gasteiger partial charge in [-0.05, 0) is 29.7 Å². The lowest BCUT2D eigenvalue weighted by Gasteiger charge is -2.15. The fourth-order valence-electron chi connectivity index (χ4n) is 2.52. The maximum Gasteiger partial charge on any atom is 0.254 e. The summed E-state index contributed by atoms with van der Waals surface area (Å²) in [5, 5.41) is 8.90. The van der Waals surface area contributed by atoms with Crippen LogP contribution in [0.2, 0.25) is 0 Å². The molecule has 1 aliphatic rings. The van der Waals surface area contributed by atoms with E-state index in [0.717, 1.165) is 12.0 Å². The van der Waals surface area contributed by atoms with Crippen LogP contribution >= 0.6 is 0 Å². The van der Waals surface area contributed by atoms with Crippen molar-refractivity contribution in [3.8, 4) is 6.07 Å². The highest BCUT2D eigenvalue weighted by atomic mass is 16.2. The van der Waals surface area contributed by atoms with Crippen LogP contribution in [0.25, 0.3) is 0 Å². The molecule has 20 heavy (non-hydrogen) atoms. The maximum atomic E-state index is 12.3. The van der Waals surface area contributed by atoms with Gasteiger partial charge in [0.1, 0.15) is 0 Å². The molecule has 0 saturated heterocycles. The minimum atomic E-state index is 0.0352. The summed E-state index contributed by atoms with van der Waals surface area (Å²) in [6.07, 6.45) is 0.853. The van der Waals surface area contributed by atoms with Crippen molar-refractivity contribution in [2.45, 2.75) is 13.0 Å². The van der Waals surface area contributed by atoms with Crippen molar-refractivity contribution >= 4 is 5.91 Å². The molecule has 3 nitrogen and oxygen atoms in total. The molecule has 3 rings (SSSR count). The van der Waals surface area contributed by atoms with Crippen molar-refractivity contribution in [3.63, 3.8) is 0 Å². The Morgan fingerprint density at radius 1 is 1.15 bits per heavy atom. The van der Waals surface area contributed by atoms with Crippen LogP contribution in [0.15, 0.2) is 48.5 Å². The van der Waals surface area contributed by atoms with Gasteiger partial charge < -0.3 is 4.90 Å². The molecule has 2 aromatic rings. The Morgan fingerprint density at radius 3 is 2.70 bits per heavy atom. The lowest BCUT2D eigenvalue weighted by molar-refractivity contribution is 0.0780. The standard InChI is InChI=1S/C17H14N2O/c18-11-14-6-7-15-12-19(17(20)16(15)10-14)9-8-13-4-2-1-3-5-13/h1-7,10H,8-9,12H2. The molecule has 1 amide bonds. The van der Waals surface area contributed by atoms with Gasteiger partial charge in [-0.25, -0.2) is 0 Å². The first-order valence-corrected chi connectivity index (χ1v) is 6.64. The molecule has 2 aromatic carbocycles. The predicted molar refractivity (Wildman–Crippen MR) is 76.0 cm³/mol. The summed E-state index contributed by atoms with van der Waals surface area (Å²) < 4.78 is 0. The topological polar surface area (TPSA) is 44.1 Å². The van der Waals surface area contributed by atoms with Crippen LogP contribution in [0, 0.1) is 11.3 Å². The summed E-state index contributed by atoms with van der Waals surface area (Å²) >= 11 is 0. The molecule has 0 aromatic heterocycles. The number of amides is 1. The number of fused-ring (bicyclic) bond motifs is 1. The molecule has 1 aliphatic heterocycles. The van der Waals surface area contributed by atoms with Crippen molar-refractivity contribution in [2.75, 3.05) is 6.54 Å². The molecular formula is C17H14N2O. The van der Waals surface area contributed by atoms with E-state index in [0.29, 0.717) is 24.2 Å². The van der Waals surface area contributed by atoms with E-state index in [4.69, 9.17) is 5.26 Å². The van der Waals surface area contributed by atoms with E-state index in [1.807, 2.05) is 29.2 Å². The molecule has 0 N–H and O–H groups in total. The van der Waals surface area contributed by atoms with Gasteiger partial charge in [0, 0.05) is 18.7 Å². The fraction of sp³-hybridized carbons (Fsp3) is 0.176. The quantitative estimate of drug-likeness (QED) is 0.853. The Morgan fingerprint density at radius 2 is 1.95 bits per heavy atom. The number of carbonyl (C=O) groups excluding carboxylic acids is 1. The number of nitrogens with zero attached hydrogens (tertiary/aromatic N) is 2. The summed E-state index contributed by atoms with van der Waals surface area (Å²) in [6, 6.07) is 17.6. The van der Waals surface area contributed by atoms with Crippen LogP contribution in [-0.4, -0.2) is 17.4 Å². The molecule has 0 spiro atoms. The summed E-state index contributed by atoms with van der Waals surface area (Å²) in [6.45, 7) is 1.35. The second kappa shape index (κ2) is 5.18. The Bertz CT molecular complexity index is 686. The SMILES string of the molecule is N#Cc1ccc2c(c1)C(=O)N(CCc1ccccc1)C2. The van der Waals surface area contributed by atoms with Crippen molar-refractivity contribution in [1.82, 2.24) is 4.90 Å². The van der Waals surface area contributed by atoms with Crippen LogP contribution in [0.5, 0.6) is 0 Å². The normalized spacial score (nSPS) is 13.2. The highest BCUT2D eigenvalue weighted by Gasteiger charge is 2.26. The molecule has 0 atom stereocenters. The molecule has 0 saturated carbocycles. The first kappa shape index (κ1) is 12.4. The van der Waals surface area contributed by atoms with Crippen molar-refractivity contribution < 1.29 is 4.79 Å². The third kappa shape index (κ3) is 2.28. The molecule has 3 heteroatoms. The van der Waals surface area contributed by atoms with Gasteiger partial charge in [-0.15, -0.1) is 0 Å². The maximum absolute atomic E-state index is 12.3. The monoisotopic (exact) mass is 262 g/mol. The van der Waals surface area contributed by atoms with Gasteiger partial charge in [0.15, 0.2) is 0 Å². The summed E-state index contributed by atoms with van der Waals surface area (Å²) in [4.78, 5) is 14.1. The molecule has 0 radical (unpaired) electrons. The Hall–Kier alpha value is -2.60. The van der Waals surface area contributed by atoms with Gasteiger partial charge in [-0.3, -0.25) is 4.79 Å². The second-order valence-corrected chi connectivity index (χ2v) is 4.95. The molecule has 0 bridgehead atoms. The number of nitriles is 1. The van der Waals surface area contributed by atoms with Gasteiger partial charge in [0.2, 0.25) is 0 Å². The van der Waals surface area contributed by atoms with Gasteiger partial charge in [-0.1, -0.05) is 36.4 Å². The summed E-state index contributed by atoms with van der Waals surface area (Å²) in [5.41, 5.74) is 3.47. The average Bonchev–Trinajstić information content (AvgIpc) is 2.82. The summed E-state index contributed by atoms with van der Waals surface area (Å²) in [5.74, 6) is 0.0352. The van der Waals surface area contributed by atoms with E-state index in [2.05, 4.69) is 18.2 Å². The minimum absolute atomic E-state index is 0.0352. The lowest BCUT2D eigenvalue weighted by atomic mass is 10.1. The van der Waals surface area contributed by atoms with E-state index in [1.165, 1.54) is 5.56 Å². The van der Waals surface area contributed by atoms with Gasteiger partial charge in [0.05, 0.1) is 11.6 Å². The predicted octanol–water partition coefficient (Wildman–Crippen LogP) is 2.76. The van der Waals surface area contributed by atoms with E-state index < -0.39 is 0 Å². The molecular weight excluding hydrogens is 248 g/mol. The fourth-order valence-corrected chi connectivity index (χ4v) is 2.52. The van der Waals surface area contributed by atoms with Gasteiger partial charge in [0.25, 0.3) is 5.91 Å². The molecule has 0 unspecified atom stereocenters. The van der Waals surface area contributed by atoms with E-state index >= 15 is 0 Å². The van der Waals surface area contributed by atoms with E-state index in [9.17, 15) is 4.79 Å². The molecule has 1 heterocycles.